The Morgan fingerprint density at radius 3 is 2.88 bits per heavy atom. The number of rotatable bonds is 6. The zero-order valence-electron chi connectivity index (χ0n) is 13.3. The number of imidazole rings is 1. The summed E-state index contributed by atoms with van der Waals surface area (Å²) >= 11 is 0. The molecule has 24 heavy (non-hydrogen) atoms. The number of hydrogen-bond acceptors (Lipinski definition) is 4. The van der Waals surface area contributed by atoms with E-state index in [0.29, 0.717) is 18.5 Å². The Hall–Kier alpha value is -3.15. The summed E-state index contributed by atoms with van der Waals surface area (Å²) in [6.07, 6.45) is 6.21. The molecular weight excluding hydrogens is 304 g/mol. The largest absolute Gasteiger partial charge is 0.399 e. The Labute approximate surface area is 139 Å². The maximum atomic E-state index is 12.1. The molecule has 0 spiro atoms. The number of carbonyl (C=O) groups excluding carboxylic acids is 1. The molecule has 0 bridgehead atoms. The third kappa shape index (κ3) is 3.78. The molecule has 0 saturated carbocycles. The van der Waals surface area contributed by atoms with Crippen molar-refractivity contribution in [1.29, 1.82) is 0 Å². The predicted octanol–water partition coefficient (Wildman–Crippen LogP) is 2.29. The number of aromatic nitrogens is 2. The Balaban J connectivity index is 1.54. The second-order valence-electron chi connectivity index (χ2n) is 5.24. The monoisotopic (exact) mass is 322 g/mol. The molecule has 2 heterocycles. The highest BCUT2D eigenvalue weighted by Gasteiger charge is 2.06. The lowest BCUT2D eigenvalue weighted by atomic mass is 10.1. The van der Waals surface area contributed by atoms with E-state index in [1.807, 2.05) is 47.1 Å². The molecule has 0 aliphatic heterocycles. The van der Waals surface area contributed by atoms with Crippen LogP contribution in [0.4, 0.5) is 0 Å². The van der Waals surface area contributed by atoms with Gasteiger partial charge in [-0.15, -0.1) is 0 Å². The maximum absolute atomic E-state index is 12.1. The standard InChI is InChI=1S/C18H18N4O2/c1-24-20-12-14-5-7-15(8-6-14)18(23)19-10-9-16-13-22-11-3-2-4-17(22)21-16/h2-8,11-13H,9-10H2,1H3,(H,19,23)/b20-12+. The molecule has 0 aliphatic carbocycles. The third-order valence-corrected chi connectivity index (χ3v) is 3.56. The third-order valence-electron chi connectivity index (χ3n) is 3.56. The number of nitrogens with one attached hydrogen (secondary N) is 1. The molecule has 6 nitrogen and oxygen atoms in total. The van der Waals surface area contributed by atoms with E-state index in [4.69, 9.17) is 0 Å². The topological polar surface area (TPSA) is 68.0 Å². The fourth-order valence-corrected chi connectivity index (χ4v) is 2.35. The lowest BCUT2D eigenvalue weighted by molar-refractivity contribution is 0.0954. The first-order valence-electron chi connectivity index (χ1n) is 7.63. The molecule has 1 N–H and O–H groups in total. The normalized spacial score (nSPS) is 11.0. The molecule has 0 atom stereocenters. The van der Waals surface area contributed by atoms with Crippen molar-refractivity contribution in [2.24, 2.45) is 5.16 Å². The summed E-state index contributed by atoms with van der Waals surface area (Å²) in [5.74, 6) is -0.103. The van der Waals surface area contributed by atoms with Crippen molar-refractivity contribution in [3.05, 3.63) is 71.7 Å². The van der Waals surface area contributed by atoms with Crippen molar-refractivity contribution in [3.8, 4) is 0 Å². The van der Waals surface area contributed by atoms with Gasteiger partial charge in [-0.1, -0.05) is 23.4 Å². The van der Waals surface area contributed by atoms with Gasteiger partial charge >= 0.3 is 0 Å². The minimum Gasteiger partial charge on any atom is -0.399 e. The smallest absolute Gasteiger partial charge is 0.251 e. The van der Waals surface area contributed by atoms with Crippen molar-refractivity contribution < 1.29 is 9.63 Å². The van der Waals surface area contributed by atoms with Crippen LogP contribution in [0.25, 0.3) is 5.65 Å². The van der Waals surface area contributed by atoms with E-state index in [1.54, 1.807) is 18.3 Å². The number of benzene rings is 1. The molecule has 6 heteroatoms. The van der Waals surface area contributed by atoms with Crippen LogP contribution < -0.4 is 5.32 Å². The zero-order valence-corrected chi connectivity index (χ0v) is 13.3. The van der Waals surface area contributed by atoms with Crippen LogP contribution in [0.15, 0.2) is 60.0 Å². The molecule has 3 aromatic rings. The molecule has 3 rings (SSSR count). The van der Waals surface area contributed by atoms with Crippen LogP contribution in [0.2, 0.25) is 0 Å². The molecule has 0 unspecified atom stereocenters. The Morgan fingerprint density at radius 2 is 2.12 bits per heavy atom. The van der Waals surface area contributed by atoms with Gasteiger partial charge in [-0.3, -0.25) is 4.79 Å². The van der Waals surface area contributed by atoms with Crippen molar-refractivity contribution >= 4 is 17.8 Å². The van der Waals surface area contributed by atoms with Gasteiger partial charge in [0.15, 0.2) is 0 Å². The second-order valence-corrected chi connectivity index (χ2v) is 5.24. The summed E-state index contributed by atoms with van der Waals surface area (Å²) in [4.78, 5) is 21.3. The van der Waals surface area contributed by atoms with E-state index < -0.39 is 0 Å². The molecule has 0 fully saturated rings. The number of nitrogens with zero attached hydrogens (tertiary/aromatic N) is 3. The number of amides is 1. The van der Waals surface area contributed by atoms with Gasteiger partial charge in [0.2, 0.25) is 0 Å². The fourth-order valence-electron chi connectivity index (χ4n) is 2.35. The van der Waals surface area contributed by atoms with Crippen LogP contribution in [0, 0.1) is 0 Å². The van der Waals surface area contributed by atoms with E-state index in [0.717, 1.165) is 16.9 Å². The quantitative estimate of drug-likeness (QED) is 0.559. The van der Waals surface area contributed by atoms with Crippen LogP contribution >= 0.6 is 0 Å². The lowest BCUT2D eigenvalue weighted by Crippen LogP contribution is -2.25. The summed E-state index contributed by atoms with van der Waals surface area (Å²) in [6, 6.07) is 13.0. The lowest BCUT2D eigenvalue weighted by Gasteiger charge is -2.04. The van der Waals surface area contributed by atoms with Crippen molar-refractivity contribution in [1.82, 2.24) is 14.7 Å². The van der Waals surface area contributed by atoms with Crippen molar-refractivity contribution in [2.75, 3.05) is 13.7 Å². The average molecular weight is 322 g/mol. The van der Waals surface area contributed by atoms with E-state index in [1.165, 1.54) is 7.11 Å². The summed E-state index contributed by atoms with van der Waals surface area (Å²) in [5, 5.41) is 6.59. The number of fused-ring (bicyclic) bond motifs is 1. The molecule has 0 radical (unpaired) electrons. The minimum absolute atomic E-state index is 0.103. The van der Waals surface area contributed by atoms with Gasteiger partial charge in [-0.25, -0.2) is 4.98 Å². The molecule has 1 amide bonds. The van der Waals surface area contributed by atoms with Crippen LogP contribution in [0.1, 0.15) is 21.6 Å². The van der Waals surface area contributed by atoms with Gasteiger partial charge in [0, 0.05) is 30.9 Å². The second kappa shape index (κ2) is 7.41. The highest BCUT2D eigenvalue weighted by atomic mass is 16.6. The van der Waals surface area contributed by atoms with Gasteiger partial charge in [0.1, 0.15) is 12.8 Å². The summed E-state index contributed by atoms with van der Waals surface area (Å²) in [5.41, 5.74) is 3.34. The first kappa shape index (κ1) is 15.7. The van der Waals surface area contributed by atoms with Crippen molar-refractivity contribution in [3.63, 3.8) is 0 Å². The zero-order chi connectivity index (χ0) is 16.8. The van der Waals surface area contributed by atoms with Gasteiger partial charge in [0.05, 0.1) is 11.9 Å². The number of carbonyl (C=O) groups is 1. The Kier molecular flexibility index (Phi) is 4.86. The number of hydrogen-bond donors (Lipinski definition) is 1. The van der Waals surface area contributed by atoms with Crippen LogP contribution in [-0.2, 0) is 11.3 Å². The van der Waals surface area contributed by atoms with E-state index in [9.17, 15) is 4.79 Å². The Bertz CT molecular complexity index is 820. The fraction of sp³-hybridized carbons (Fsp3) is 0.167. The highest BCUT2D eigenvalue weighted by Crippen LogP contribution is 2.05. The van der Waals surface area contributed by atoms with Gasteiger partial charge in [-0.2, -0.15) is 0 Å². The van der Waals surface area contributed by atoms with Crippen molar-refractivity contribution in [2.45, 2.75) is 6.42 Å². The van der Waals surface area contributed by atoms with E-state index >= 15 is 0 Å². The predicted molar refractivity (Wildman–Crippen MR) is 92.3 cm³/mol. The van der Waals surface area contributed by atoms with Crippen LogP contribution in [0.3, 0.4) is 0 Å². The van der Waals surface area contributed by atoms with Gasteiger partial charge in [0.25, 0.3) is 5.91 Å². The molecule has 0 aliphatic rings. The summed E-state index contributed by atoms with van der Waals surface area (Å²) in [6.45, 7) is 0.537. The SMILES string of the molecule is CO/N=C/c1ccc(C(=O)NCCc2cn3ccccc3n2)cc1. The van der Waals surface area contributed by atoms with E-state index in [2.05, 4.69) is 20.3 Å². The first-order chi connectivity index (χ1) is 11.8. The molecule has 0 saturated heterocycles. The summed E-state index contributed by atoms with van der Waals surface area (Å²) in [7, 11) is 1.49. The van der Waals surface area contributed by atoms with Gasteiger partial charge in [-0.05, 0) is 29.8 Å². The molecular formula is C18H18N4O2. The highest BCUT2D eigenvalue weighted by molar-refractivity contribution is 5.95. The maximum Gasteiger partial charge on any atom is 0.251 e. The van der Waals surface area contributed by atoms with E-state index in [-0.39, 0.29) is 5.91 Å². The summed E-state index contributed by atoms with van der Waals surface area (Å²) < 4.78 is 1.97. The number of oxime groups is 1. The molecule has 1 aromatic carbocycles. The minimum atomic E-state index is -0.103. The molecule has 2 aromatic heterocycles. The molecule has 122 valence electrons. The van der Waals surface area contributed by atoms with Gasteiger partial charge < -0.3 is 14.6 Å². The average Bonchev–Trinajstić information content (AvgIpc) is 3.03. The number of pyridine rings is 1. The first-order valence-corrected chi connectivity index (χ1v) is 7.63. The van der Waals surface area contributed by atoms with Crippen LogP contribution in [-0.4, -0.2) is 35.2 Å². The van der Waals surface area contributed by atoms with Crippen LogP contribution in [0.5, 0.6) is 0 Å². The Morgan fingerprint density at radius 1 is 1.29 bits per heavy atom.